The zero-order chi connectivity index (χ0) is 14.8. The van der Waals surface area contributed by atoms with Crippen molar-refractivity contribution in [2.24, 2.45) is 5.73 Å². The maximum absolute atomic E-state index is 12.3. The van der Waals surface area contributed by atoms with Crippen LogP contribution in [0, 0.1) is 0 Å². The Labute approximate surface area is 118 Å². The smallest absolute Gasteiger partial charge is 0.276 e. The molecular formula is C12H23N5O3. The summed E-state index contributed by atoms with van der Waals surface area (Å²) in [7, 11) is 3.25. The van der Waals surface area contributed by atoms with Crippen molar-refractivity contribution in [3.8, 4) is 0 Å². The molecule has 1 heterocycles. The molecule has 1 rings (SSSR count). The molecule has 0 aliphatic carbocycles. The number of aromatic nitrogens is 3. The summed E-state index contributed by atoms with van der Waals surface area (Å²) in [5, 5.41) is 7.76. The van der Waals surface area contributed by atoms with Crippen LogP contribution in [0.2, 0.25) is 0 Å². The summed E-state index contributed by atoms with van der Waals surface area (Å²) < 4.78 is 11.6. The SMILES string of the molecule is COCCCN(CCOC)C(=O)c1cn(CCN)nn1. The van der Waals surface area contributed by atoms with Gasteiger partial charge in [0.15, 0.2) is 5.69 Å². The van der Waals surface area contributed by atoms with E-state index in [9.17, 15) is 4.79 Å². The molecule has 1 amide bonds. The third kappa shape index (κ3) is 5.24. The van der Waals surface area contributed by atoms with E-state index < -0.39 is 0 Å². The zero-order valence-electron chi connectivity index (χ0n) is 12.1. The summed E-state index contributed by atoms with van der Waals surface area (Å²) in [6.45, 7) is 3.20. The highest BCUT2D eigenvalue weighted by Crippen LogP contribution is 2.03. The molecule has 2 N–H and O–H groups in total. The van der Waals surface area contributed by atoms with E-state index in [1.54, 1.807) is 30.0 Å². The summed E-state index contributed by atoms with van der Waals surface area (Å²) >= 11 is 0. The number of methoxy groups -OCH3 is 2. The fourth-order valence-corrected chi connectivity index (χ4v) is 1.72. The summed E-state index contributed by atoms with van der Waals surface area (Å²) in [6.07, 6.45) is 2.38. The molecular weight excluding hydrogens is 262 g/mol. The zero-order valence-corrected chi connectivity index (χ0v) is 12.1. The van der Waals surface area contributed by atoms with Gasteiger partial charge in [-0.15, -0.1) is 5.10 Å². The van der Waals surface area contributed by atoms with Gasteiger partial charge in [-0.2, -0.15) is 0 Å². The summed E-state index contributed by atoms with van der Waals surface area (Å²) in [6, 6.07) is 0. The van der Waals surface area contributed by atoms with Crippen LogP contribution in [-0.2, 0) is 16.0 Å². The Hall–Kier alpha value is -1.51. The number of hydrogen-bond acceptors (Lipinski definition) is 6. The van der Waals surface area contributed by atoms with Crippen molar-refractivity contribution in [1.29, 1.82) is 0 Å². The van der Waals surface area contributed by atoms with Crippen molar-refractivity contribution >= 4 is 5.91 Å². The van der Waals surface area contributed by atoms with E-state index in [1.807, 2.05) is 0 Å². The van der Waals surface area contributed by atoms with Crippen LogP contribution in [0.4, 0.5) is 0 Å². The highest BCUT2D eigenvalue weighted by Gasteiger charge is 2.18. The molecule has 0 spiro atoms. The molecule has 0 aliphatic heterocycles. The van der Waals surface area contributed by atoms with Crippen LogP contribution in [0.25, 0.3) is 0 Å². The van der Waals surface area contributed by atoms with Gasteiger partial charge in [-0.1, -0.05) is 5.21 Å². The second kappa shape index (κ2) is 9.40. The number of carbonyl (C=O) groups is 1. The number of hydrogen-bond donors (Lipinski definition) is 1. The summed E-state index contributed by atoms with van der Waals surface area (Å²) in [5.74, 6) is -0.151. The van der Waals surface area contributed by atoms with Crippen molar-refractivity contribution in [3.05, 3.63) is 11.9 Å². The van der Waals surface area contributed by atoms with Crippen molar-refractivity contribution in [3.63, 3.8) is 0 Å². The lowest BCUT2D eigenvalue weighted by molar-refractivity contribution is 0.0668. The Morgan fingerprint density at radius 1 is 1.35 bits per heavy atom. The summed E-state index contributed by atoms with van der Waals surface area (Å²) in [5.41, 5.74) is 5.76. The van der Waals surface area contributed by atoms with Gasteiger partial charge in [0, 0.05) is 40.5 Å². The highest BCUT2D eigenvalue weighted by molar-refractivity contribution is 5.91. The number of nitrogens with two attached hydrogens (primary N) is 1. The Bertz CT molecular complexity index is 396. The standard InChI is InChI=1S/C12H23N5O3/c1-19-8-3-5-16(7-9-20-2)12(18)11-10-17(6-4-13)15-14-11/h10H,3-9,13H2,1-2H3. The van der Waals surface area contributed by atoms with E-state index in [2.05, 4.69) is 10.3 Å². The van der Waals surface area contributed by atoms with Gasteiger partial charge in [-0.05, 0) is 6.42 Å². The lowest BCUT2D eigenvalue weighted by Crippen LogP contribution is -2.35. The fraction of sp³-hybridized carbons (Fsp3) is 0.750. The third-order valence-electron chi connectivity index (χ3n) is 2.75. The molecule has 0 aromatic carbocycles. The predicted molar refractivity (Wildman–Crippen MR) is 73.3 cm³/mol. The van der Waals surface area contributed by atoms with Crippen molar-refractivity contribution < 1.29 is 14.3 Å². The van der Waals surface area contributed by atoms with Crippen LogP contribution in [0.15, 0.2) is 6.20 Å². The van der Waals surface area contributed by atoms with E-state index in [0.29, 0.717) is 45.1 Å². The first kappa shape index (κ1) is 16.5. The van der Waals surface area contributed by atoms with Gasteiger partial charge in [-0.3, -0.25) is 9.48 Å². The molecule has 0 radical (unpaired) electrons. The number of ether oxygens (including phenoxy) is 2. The quantitative estimate of drug-likeness (QED) is 0.575. The molecule has 0 saturated carbocycles. The van der Waals surface area contributed by atoms with Crippen LogP contribution in [0.3, 0.4) is 0 Å². The third-order valence-corrected chi connectivity index (χ3v) is 2.75. The topological polar surface area (TPSA) is 95.5 Å². The van der Waals surface area contributed by atoms with Crippen LogP contribution >= 0.6 is 0 Å². The molecule has 1 aromatic rings. The van der Waals surface area contributed by atoms with Gasteiger partial charge >= 0.3 is 0 Å². The molecule has 0 bridgehead atoms. The van der Waals surface area contributed by atoms with E-state index in [0.717, 1.165) is 6.42 Å². The van der Waals surface area contributed by atoms with Crippen LogP contribution < -0.4 is 5.73 Å². The molecule has 114 valence electrons. The molecule has 0 unspecified atom stereocenters. The van der Waals surface area contributed by atoms with Crippen LogP contribution in [0.1, 0.15) is 16.9 Å². The molecule has 1 aromatic heterocycles. The molecule has 0 fully saturated rings. The van der Waals surface area contributed by atoms with Gasteiger partial charge in [-0.25, -0.2) is 0 Å². The average Bonchev–Trinajstić information content (AvgIpc) is 2.91. The van der Waals surface area contributed by atoms with Crippen molar-refractivity contribution in [2.75, 3.05) is 47.1 Å². The van der Waals surface area contributed by atoms with Crippen LogP contribution in [-0.4, -0.2) is 72.9 Å². The second-order valence-corrected chi connectivity index (χ2v) is 4.29. The molecule has 20 heavy (non-hydrogen) atoms. The van der Waals surface area contributed by atoms with Gasteiger partial charge in [0.2, 0.25) is 0 Å². The predicted octanol–water partition coefficient (Wildman–Crippen LogP) is -0.638. The molecule has 0 aliphatic rings. The fourth-order valence-electron chi connectivity index (χ4n) is 1.72. The molecule has 0 atom stereocenters. The first-order valence-corrected chi connectivity index (χ1v) is 6.60. The Morgan fingerprint density at radius 3 is 2.75 bits per heavy atom. The van der Waals surface area contributed by atoms with Crippen molar-refractivity contribution in [1.82, 2.24) is 19.9 Å². The monoisotopic (exact) mass is 285 g/mol. The average molecular weight is 285 g/mol. The molecule has 8 nitrogen and oxygen atoms in total. The first-order valence-electron chi connectivity index (χ1n) is 6.60. The number of rotatable bonds is 10. The minimum Gasteiger partial charge on any atom is -0.385 e. The largest absolute Gasteiger partial charge is 0.385 e. The van der Waals surface area contributed by atoms with E-state index >= 15 is 0 Å². The van der Waals surface area contributed by atoms with E-state index in [1.165, 1.54) is 0 Å². The van der Waals surface area contributed by atoms with Crippen molar-refractivity contribution in [2.45, 2.75) is 13.0 Å². The Kier molecular flexibility index (Phi) is 7.78. The van der Waals surface area contributed by atoms with E-state index in [-0.39, 0.29) is 5.91 Å². The Balaban J connectivity index is 2.63. The normalized spacial score (nSPS) is 10.8. The van der Waals surface area contributed by atoms with Gasteiger partial charge < -0.3 is 20.1 Å². The minimum absolute atomic E-state index is 0.151. The highest BCUT2D eigenvalue weighted by atomic mass is 16.5. The molecule has 0 saturated heterocycles. The van der Waals surface area contributed by atoms with Gasteiger partial charge in [0.05, 0.1) is 19.3 Å². The number of amides is 1. The second-order valence-electron chi connectivity index (χ2n) is 4.29. The lowest BCUT2D eigenvalue weighted by Gasteiger charge is -2.21. The van der Waals surface area contributed by atoms with Gasteiger partial charge in [0.25, 0.3) is 5.91 Å². The number of nitrogens with zero attached hydrogens (tertiary/aromatic N) is 4. The van der Waals surface area contributed by atoms with Crippen LogP contribution in [0.5, 0.6) is 0 Å². The lowest BCUT2D eigenvalue weighted by atomic mass is 10.3. The van der Waals surface area contributed by atoms with E-state index in [4.69, 9.17) is 15.2 Å². The first-order chi connectivity index (χ1) is 9.72. The summed E-state index contributed by atoms with van der Waals surface area (Å²) in [4.78, 5) is 14.0. The Morgan fingerprint density at radius 2 is 2.10 bits per heavy atom. The maximum Gasteiger partial charge on any atom is 0.276 e. The molecule has 8 heteroatoms. The maximum atomic E-state index is 12.3. The van der Waals surface area contributed by atoms with Gasteiger partial charge in [0.1, 0.15) is 0 Å². The number of carbonyl (C=O) groups excluding carboxylic acids is 1. The minimum atomic E-state index is -0.151.